The number of phenolic OH excluding ortho intramolecular Hbond substituents is 2. The number of hydrogen-bond acceptors (Lipinski definition) is 2. The van der Waals surface area contributed by atoms with Crippen molar-refractivity contribution in [2.24, 2.45) is 0 Å². The number of aromatic hydroxyl groups is 2. The van der Waals surface area contributed by atoms with E-state index in [2.05, 4.69) is 34.6 Å². The summed E-state index contributed by atoms with van der Waals surface area (Å²) in [5.74, 6) is 1.05. The molecule has 0 radical (unpaired) electrons. The van der Waals surface area contributed by atoms with Gasteiger partial charge in [0.25, 0.3) is 0 Å². The third-order valence-electron chi connectivity index (χ3n) is 5.94. The monoisotopic (exact) mass is 382 g/mol. The van der Waals surface area contributed by atoms with Crippen LogP contribution < -0.4 is 0 Å². The molecule has 0 saturated heterocycles. The summed E-state index contributed by atoms with van der Waals surface area (Å²) in [6.45, 7) is 10.9. The van der Waals surface area contributed by atoms with E-state index < -0.39 is 0 Å². The predicted octanol–water partition coefficient (Wildman–Crippen LogP) is 7.33. The number of phenols is 2. The molecule has 0 atom stereocenters. The minimum Gasteiger partial charge on any atom is -0.508 e. The maximum atomic E-state index is 10.7. The highest BCUT2D eigenvalue weighted by molar-refractivity contribution is 5.54. The van der Waals surface area contributed by atoms with E-state index in [1.807, 2.05) is 24.3 Å². The van der Waals surface area contributed by atoms with Crippen LogP contribution in [0.4, 0.5) is 0 Å². The molecule has 0 bridgehead atoms. The van der Waals surface area contributed by atoms with Gasteiger partial charge in [-0.3, -0.25) is 0 Å². The smallest absolute Gasteiger partial charge is 0.119 e. The Morgan fingerprint density at radius 1 is 0.679 bits per heavy atom. The van der Waals surface area contributed by atoms with E-state index in [0.717, 1.165) is 62.5 Å². The number of unbranched alkanes of at least 4 members (excludes halogenated alkanes) is 2. The molecule has 2 N–H and O–H groups in total. The average molecular weight is 383 g/mol. The molecule has 28 heavy (non-hydrogen) atoms. The highest BCUT2D eigenvalue weighted by Gasteiger charge is 2.26. The summed E-state index contributed by atoms with van der Waals surface area (Å²) in [7, 11) is 0. The molecular weight excluding hydrogens is 344 g/mol. The molecule has 0 unspecified atom stereocenters. The Balaban J connectivity index is 2.71. The zero-order valence-corrected chi connectivity index (χ0v) is 18.4. The van der Waals surface area contributed by atoms with Crippen LogP contribution in [-0.2, 0) is 12.8 Å². The number of rotatable bonds is 10. The molecule has 0 heterocycles. The lowest BCUT2D eigenvalue weighted by Gasteiger charge is -2.28. The Hall–Kier alpha value is -1.96. The van der Waals surface area contributed by atoms with Gasteiger partial charge in [0.1, 0.15) is 11.5 Å². The van der Waals surface area contributed by atoms with Crippen molar-refractivity contribution < 1.29 is 10.2 Å². The molecule has 2 aromatic carbocycles. The van der Waals surface area contributed by atoms with Crippen molar-refractivity contribution in [1.29, 1.82) is 0 Å². The van der Waals surface area contributed by atoms with Crippen LogP contribution in [0.15, 0.2) is 24.3 Å². The minimum atomic E-state index is 0.211. The summed E-state index contributed by atoms with van der Waals surface area (Å²) >= 11 is 0. The topological polar surface area (TPSA) is 40.5 Å². The molecule has 0 aliphatic heterocycles. The van der Waals surface area contributed by atoms with Crippen molar-refractivity contribution in [3.63, 3.8) is 0 Å². The molecule has 0 amide bonds. The summed E-state index contributed by atoms with van der Waals surface area (Å²) in [6.07, 6.45) is 8.26. The van der Waals surface area contributed by atoms with Crippen LogP contribution in [0, 0.1) is 13.8 Å². The van der Waals surface area contributed by atoms with Crippen molar-refractivity contribution in [3.8, 4) is 11.5 Å². The first-order valence-corrected chi connectivity index (χ1v) is 11.1. The van der Waals surface area contributed by atoms with Crippen molar-refractivity contribution in [1.82, 2.24) is 0 Å². The molecule has 2 aromatic rings. The Morgan fingerprint density at radius 3 is 1.46 bits per heavy atom. The predicted molar refractivity (Wildman–Crippen MR) is 120 cm³/mol. The first kappa shape index (κ1) is 22.3. The summed E-state index contributed by atoms with van der Waals surface area (Å²) in [5.41, 5.74) is 7.25. The molecule has 2 rings (SSSR count). The van der Waals surface area contributed by atoms with Crippen LogP contribution in [0.25, 0.3) is 0 Å². The van der Waals surface area contributed by atoms with Gasteiger partial charge in [-0.05, 0) is 91.5 Å². The lowest BCUT2D eigenvalue weighted by Crippen LogP contribution is -2.12. The molecule has 0 saturated carbocycles. The minimum absolute atomic E-state index is 0.211. The van der Waals surface area contributed by atoms with E-state index in [1.165, 1.54) is 22.3 Å². The Bertz CT molecular complexity index is 713. The highest BCUT2D eigenvalue weighted by atomic mass is 16.3. The van der Waals surface area contributed by atoms with Crippen LogP contribution in [-0.4, -0.2) is 10.2 Å². The Labute approximate surface area is 171 Å². The second-order valence-corrected chi connectivity index (χ2v) is 8.14. The molecule has 2 heteroatoms. The highest BCUT2D eigenvalue weighted by Crippen LogP contribution is 2.42. The van der Waals surface area contributed by atoms with Gasteiger partial charge < -0.3 is 10.2 Å². The van der Waals surface area contributed by atoms with Gasteiger partial charge in [-0.25, -0.2) is 0 Å². The van der Waals surface area contributed by atoms with Gasteiger partial charge in [0.05, 0.1) is 0 Å². The molecule has 0 fully saturated rings. The van der Waals surface area contributed by atoms with Gasteiger partial charge in [-0.1, -0.05) is 52.2 Å². The van der Waals surface area contributed by atoms with Crippen LogP contribution >= 0.6 is 0 Å². The summed E-state index contributed by atoms with van der Waals surface area (Å²) in [6, 6.07) is 7.79. The number of aryl methyl sites for hydroxylation is 2. The van der Waals surface area contributed by atoms with Crippen LogP contribution in [0.2, 0.25) is 0 Å². The fraction of sp³-hybridized carbons (Fsp3) is 0.538. The molecule has 0 aliphatic rings. The van der Waals surface area contributed by atoms with E-state index in [4.69, 9.17) is 0 Å². The van der Waals surface area contributed by atoms with Crippen LogP contribution in [0.5, 0.6) is 11.5 Å². The number of hydrogen-bond donors (Lipinski definition) is 2. The maximum Gasteiger partial charge on any atom is 0.119 e. The van der Waals surface area contributed by atoms with Gasteiger partial charge in [-0.15, -0.1) is 0 Å². The SMILES string of the molecule is CCCCc1c(O)ccc(C)c1C(CCC)c1c(C)ccc(O)c1CCCC. The molecular formula is C26H38O2. The third kappa shape index (κ3) is 4.90. The van der Waals surface area contributed by atoms with Crippen LogP contribution in [0.1, 0.15) is 98.6 Å². The van der Waals surface area contributed by atoms with Gasteiger partial charge >= 0.3 is 0 Å². The van der Waals surface area contributed by atoms with Crippen molar-refractivity contribution in [2.75, 3.05) is 0 Å². The maximum absolute atomic E-state index is 10.7. The summed E-state index contributed by atoms with van der Waals surface area (Å²) < 4.78 is 0. The Kier molecular flexibility index (Phi) is 8.41. The van der Waals surface area contributed by atoms with E-state index in [1.54, 1.807) is 0 Å². The van der Waals surface area contributed by atoms with E-state index in [9.17, 15) is 10.2 Å². The summed E-state index contributed by atoms with van der Waals surface area (Å²) in [4.78, 5) is 0. The zero-order chi connectivity index (χ0) is 20.7. The fourth-order valence-electron chi connectivity index (χ4n) is 4.47. The quantitative estimate of drug-likeness (QED) is 0.451. The largest absolute Gasteiger partial charge is 0.508 e. The van der Waals surface area contributed by atoms with E-state index >= 15 is 0 Å². The van der Waals surface area contributed by atoms with Crippen molar-refractivity contribution in [3.05, 3.63) is 57.6 Å². The lowest BCUT2D eigenvalue weighted by atomic mass is 9.77. The van der Waals surface area contributed by atoms with E-state index in [0.29, 0.717) is 11.5 Å². The van der Waals surface area contributed by atoms with E-state index in [-0.39, 0.29) is 5.92 Å². The molecule has 2 nitrogen and oxygen atoms in total. The van der Waals surface area contributed by atoms with Gasteiger partial charge in [-0.2, -0.15) is 0 Å². The lowest BCUT2D eigenvalue weighted by molar-refractivity contribution is 0.461. The second-order valence-electron chi connectivity index (χ2n) is 8.14. The van der Waals surface area contributed by atoms with Gasteiger partial charge in [0.15, 0.2) is 0 Å². The molecule has 0 aliphatic carbocycles. The first-order valence-electron chi connectivity index (χ1n) is 11.1. The first-order chi connectivity index (χ1) is 13.5. The molecule has 0 spiro atoms. The number of benzene rings is 2. The van der Waals surface area contributed by atoms with Crippen LogP contribution in [0.3, 0.4) is 0 Å². The van der Waals surface area contributed by atoms with Gasteiger partial charge in [0, 0.05) is 5.92 Å². The standard InChI is InChI=1S/C26H38O2/c1-6-9-12-20-23(27)16-14-18(4)25(20)22(11-8-3)26-19(5)15-17-24(28)21(26)13-10-7-2/h14-17,22,27-28H,6-13H2,1-5H3. The molecule has 0 aromatic heterocycles. The van der Waals surface area contributed by atoms with Crippen molar-refractivity contribution >= 4 is 0 Å². The zero-order valence-electron chi connectivity index (χ0n) is 18.4. The Morgan fingerprint density at radius 2 is 1.11 bits per heavy atom. The normalized spacial score (nSPS) is 11.4. The average Bonchev–Trinajstić information content (AvgIpc) is 2.68. The van der Waals surface area contributed by atoms with Crippen molar-refractivity contribution in [2.45, 2.75) is 91.9 Å². The summed E-state index contributed by atoms with van der Waals surface area (Å²) in [5, 5.41) is 21.4. The fourth-order valence-corrected chi connectivity index (χ4v) is 4.47. The second kappa shape index (κ2) is 10.5. The van der Waals surface area contributed by atoms with Gasteiger partial charge in [0.2, 0.25) is 0 Å². The molecule has 154 valence electrons. The third-order valence-corrected chi connectivity index (χ3v) is 5.94.